The van der Waals surface area contributed by atoms with Gasteiger partial charge in [-0.1, -0.05) is 19.8 Å². The molecule has 2 unspecified atom stereocenters. The number of alkyl carbamates (subject to hydrolysis) is 1. The van der Waals surface area contributed by atoms with Crippen molar-refractivity contribution in [2.24, 2.45) is 5.92 Å². The summed E-state index contributed by atoms with van der Waals surface area (Å²) >= 11 is 0. The topological polar surface area (TPSA) is 125 Å². The molecule has 184 valence electrons. The van der Waals surface area contributed by atoms with Gasteiger partial charge in [-0.05, 0) is 37.0 Å². The lowest BCUT2D eigenvalue weighted by atomic mass is 10.0. The molecule has 0 bridgehead atoms. The molecule has 1 aromatic carbocycles. The van der Waals surface area contributed by atoms with E-state index in [-0.39, 0.29) is 17.9 Å². The summed E-state index contributed by atoms with van der Waals surface area (Å²) in [6.07, 6.45) is 1.47. The van der Waals surface area contributed by atoms with Gasteiger partial charge in [-0.3, -0.25) is 4.79 Å². The van der Waals surface area contributed by atoms with Crippen molar-refractivity contribution in [3.63, 3.8) is 0 Å². The van der Waals surface area contributed by atoms with Gasteiger partial charge in [0.15, 0.2) is 0 Å². The van der Waals surface area contributed by atoms with Crippen LogP contribution >= 0.6 is 0 Å². The van der Waals surface area contributed by atoms with Crippen LogP contribution in [0.25, 0.3) is 11.0 Å². The molecule has 12 heteroatoms. The zero-order valence-electron chi connectivity index (χ0n) is 18.8. The smallest absolute Gasteiger partial charge is 0.475 e. The monoisotopic (exact) mass is 482 g/mol. The summed E-state index contributed by atoms with van der Waals surface area (Å²) in [6.45, 7) is 4.42. The predicted octanol–water partition coefficient (Wildman–Crippen LogP) is 3.22. The molecule has 3 N–H and O–H groups in total. The summed E-state index contributed by atoms with van der Waals surface area (Å²) in [5.41, 5.74) is 2.45. The van der Waals surface area contributed by atoms with E-state index in [2.05, 4.69) is 25.9 Å². The van der Waals surface area contributed by atoms with Gasteiger partial charge in [0.2, 0.25) is 5.91 Å². The summed E-state index contributed by atoms with van der Waals surface area (Å²) < 4.78 is 36.4. The number of likely N-dealkylation sites (tertiary alicyclic amines) is 1. The fourth-order valence-electron chi connectivity index (χ4n) is 3.47. The van der Waals surface area contributed by atoms with E-state index in [1.807, 2.05) is 32.0 Å². The van der Waals surface area contributed by atoms with E-state index < -0.39 is 24.3 Å². The number of carbonyl (C=O) groups is 3. The Balaban J connectivity index is 0.000000509. The molecular weight excluding hydrogens is 457 g/mol. The Morgan fingerprint density at radius 2 is 2.00 bits per heavy atom. The second-order valence-corrected chi connectivity index (χ2v) is 7.85. The van der Waals surface area contributed by atoms with Crippen LogP contribution in [0.4, 0.5) is 18.0 Å². The molecule has 1 aliphatic rings. The van der Waals surface area contributed by atoms with Crippen LogP contribution in [0.2, 0.25) is 0 Å². The van der Waals surface area contributed by atoms with Crippen LogP contribution in [0.1, 0.15) is 44.1 Å². The van der Waals surface area contributed by atoms with Crippen molar-refractivity contribution < 1.29 is 37.4 Å². The van der Waals surface area contributed by atoms with Crippen molar-refractivity contribution in [2.45, 2.75) is 44.9 Å². The van der Waals surface area contributed by atoms with Gasteiger partial charge in [0.25, 0.3) is 0 Å². The van der Waals surface area contributed by atoms with Gasteiger partial charge in [-0.2, -0.15) is 13.2 Å². The molecular formula is C22H25F3N4O5. The van der Waals surface area contributed by atoms with E-state index in [1.165, 1.54) is 7.11 Å². The number of fused-ring (bicyclic) bond motifs is 1. The van der Waals surface area contributed by atoms with Crippen LogP contribution in [0.3, 0.4) is 0 Å². The summed E-state index contributed by atoms with van der Waals surface area (Å²) in [6, 6.07) is 4.80. The number of rotatable bonds is 4. The lowest BCUT2D eigenvalue weighted by Gasteiger charge is -2.29. The van der Waals surface area contributed by atoms with Gasteiger partial charge in [0, 0.05) is 12.1 Å². The third-order valence-corrected chi connectivity index (χ3v) is 5.15. The van der Waals surface area contributed by atoms with Crippen LogP contribution in [-0.4, -0.2) is 63.8 Å². The average Bonchev–Trinajstić information content (AvgIpc) is 3.42. The van der Waals surface area contributed by atoms with Gasteiger partial charge < -0.3 is 25.0 Å². The molecule has 0 saturated carbocycles. The lowest BCUT2D eigenvalue weighted by molar-refractivity contribution is -0.192. The van der Waals surface area contributed by atoms with Gasteiger partial charge in [-0.25, -0.2) is 14.6 Å². The van der Waals surface area contributed by atoms with Crippen LogP contribution in [0.5, 0.6) is 0 Å². The average molecular weight is 482 g/mol. The van der Waals surface area contributed by atoms with E-state index in [0.29, 0.717) is 6.54 Å². The largest absolute Gasteiger partial charge is 0.490 e. The molecule has 2 heterocycles. The number of alkyl halides is 3. The third kappa shape index (κ3) is 6.40. The highest BCUT2D eigenvalue weighted by atomic mass is 19.4. The quantitative estimate of drug-likeness (QED) is 0.575. The van der Waals surface area contributed by atoms with E-state index in [0.717, 1.165) is 35.3 Å². The van der Waals surface area contributed by atoms with E-state index >= 15 is 0 Å². The predicted molar refractivity (Wildman–Crippen MR) is 116 cm³/mol. The zero-order chi connectivity index (χ0) is 25.6. The Bertz CT molecular complexity index is 1090. The van der Waals surface area contributed by atoms with Crippen molar-refractivity contribution >= 4 is 29.0 Å². The minimum Gasteiger partial charge on any atom is -0.475 e. The Morgan fingerprint density at radius 1 is 1.35 bits per heavy atom. The van der Waals surface area contributed by atoms with Gasteiger partial charge in [-0.15, -0.1) is 6.42 Å². The molecule has 1 aliphatic heterocycles. The van der Waals surface area contributed by atoms with E-state index in [9.17, 15) is 22.8 Å². The maximum Gasteiger partial charge on any atom is 0.490 e. The third-order valence-electron chi connectivity index (χ3n) is 5.15. The number of imidazole rings is 1. The molecule has 0 spiro atoms. The number of aliphatic carboxylic acids is 1. The first-order chi connectivity index (χ1) is 15.9. The van der Waals surface area contributed by atoms with Crippen molar-refractivity contribution in [1.29, 1.82) is 0 Å². The SMILES string of the molecule is C#Cc1ccc2nc(C3CCCN3C(=O)C(NC(=O)OC)C(C)C)[nH]c2c1.O=C(O)C(F)(F)F. The minimum atomic E-state index is -5.08. The summed E-state index contributed by atoms with van der Waals surface area (Å²) in [5.74, 6) is 0.410. The molecule has 2 aromatic rings. The number of terminal acetylenes is 1. The number of hydrogen-bond donors (Lipinski definition) is 3. The number of aromatic nitrogens is 2. The van der Waals surface area contributed by atoms with E-state index in [1.54, 1.807) is 4.90 Å². The summed E-state index contributed by atoms with van der Waals surface area (Å²) in [4.78, 5) is 43.4. The zero-order valence-corrected chi connectivity index (χ0v) is 18.8. The number of halogens is 3. The maximum absolute atomic E-state index is 13.1. The highest BCUT2D eigenvalue weighted by Gasteiger charge is 2.38. The number of carboxylic acid groups (broad SMARTS) is 1. The fraction of sp³-hybridized carbons (Fsp3) is 0.455. The second kappa shape index (κ2) is 10.9. The van der Waals surface area contributed by atoms with E-state index in [4.69, 9.17) is 16.3 Å². The maximum atomic E-state index is 13.1. The van der Waals surface area contributed by atoms with Crippen molar-refractivity contribution in [1.82, 2.24) is 20.2 Å². The number of hydrogen-bond acceptors (Lipinski definition) is 5. The molecule has 0 radical (unpaired) electrons. The van der Waals surface area contributed by atoms with Crippen molar-refractivity contribution in [3.8, 4) is 12.3 Å². The first kappa shape index (κ1) is 26.5. The van der Waals surface area contributed by atoms with Crippen LogP contribution in [-0.2, 0) is 14.3 Å². The molecule has 3 rings (SSSR count). The lowest BCUT2D eigenvalue weighted by Crippen LogP contribution is -2.51. The molecule has 9 nitrogen and oxygen atoms in total. The van der Waals surface area contributed by atoms with Gasteiger partial charge in [0.1, 0.15) is 11.9 Å². The molecule has 2 atom stereocenters. The van der Waals surface area contributed by atoms with Crippen LogP contribution in [0.15, 0.2) is 18.2 Å². The number of carboxylic acids is 1. The Kier molecular flexibility index (Phi) is 8.51. The Labute approximate surface area is 193 Å². The van der Waals surface area contributed by atoms with Gasteiger partial charge >= 0.3 is 18.2 Å². The molecule has 2 amide bonds. The minimum absolute atomic E-state index is 0.0632. The van der Waals surface area contributed by atoms with Crippen LogP contribution in [0, 0.1) is 18.3 Å². The number of amides is 2. The van der Waals surface area contributed by atoms with Crippen molar-refractivity contribution in [3.05, 3.63) is 29.6 Å². The molecule has 1 aromatic heterocycles. The fourth-order valence-corrected chi connectivity index (χ4v) is 3.47. The normalized spacial score (nSPS) is 16.4. The first-order valence-electron chi connectivity index (χ1n) is 10.3. The summed E-state index contributed by atoms with van der Waals surface area (Å²) in [5, 5.41) is 9.78. The Morgan fingerprint density at radius 3 is 2.53 bits per heavy atom. The van der Waals surface area contributed by atoms with Crippen LogP contribution < -0.4 is 5.32 Å². The standard InChI is InChI=1S/C20H24N4O3.C2HF3O2/c1-5-13-8-9-14-15(11-13)22-18(21-14)16-7-6-10-24(16)19(25)17(12(2)3)23-20(26)27-4;3-2(4,5)1(6)7/h1,8-9,11-12,16-17H,6-7,10H2,2-4H3,(H,21,22)(H,23,26);(H,6,7). The Hall–Kier alpha value is -3.75. The number of benzene rings is 1. The highest BCUT2D eigenvalue weighted by molar-refractivity contribution is 5.86. The molecule has 34 heavy (non-hydrogen) atoms. The number of nitrogens with one attached hydrogen (secondary N) is 2. The number of aromatic amines is 1. The number of carbonyl (C=O) groups excluding carboxylic acids is 2. The first-order valence-corrected chi connectivity index (χ1v) is 10.3. The number of methoxy groups -OCH3 is 1. The molecule has 1 saturated heterocycles. The second-order valence-electron chi connectivity index (χ2n) is 7.85. The molecule has 0 aliphatic carbocycles. The number of ether oxygens (including phenoxy) is 1. The van der Waals surface area contributed by atoms with Gasteiger partial charge in [0.05, 0.1) is 24.2 Å². The molecule has 1 fully saturated rings. The summed E-state index contributed by atoms with van der Waals surface area (Å²) in [7, 11) is 1.29. The highest BCUT2D eigenvalue weighted by Crippen LogP contribution is 2.32. The number of H-pyrrole nitrogens is 1. The van der Waals surface area contributed by atoms with Crippen molar-refractivity contribution in [2.75, 3.05) is 13.7 Å². The number of nitrogens with zero attached hydrogens (tertiary/aromatic N) is 2.